The van der Waals surface area contributed by atoms with Gasteiger partial charge in [0.15, 0.2) is 0 Å². The van der Waals surface area contributed by atoms with Gasteiger partial charge < -0.3 is 15.5 Å². The number of nitro benzene ring substituents is 1. The Kier molecular flexibility index (Phi) is 5.92. The van der Waals surface area contributed by atoms with Crippen molar-refractivity contribution >= 4 is 17.3 Å². The van der Waals surface area contributed by atoms with Crippen molar-refractivity contribution in [3.63, 3.8) is 0 Å². The molecule has 0 spiro atoms. The Bertz CT molecular complexity index is 491. The lowest BCUT2D eigenvalue weighted by molar-refractivity contribution is -0.384. The van der Waals surface area contributed by atoms with Crippen LogP contribution in [0, 0.1) is 10.1 Å². The van der Waals surface area contributed by atoms with Crippen LogP contribution in [0.5, 0.6) is 0 Å². The number of carbonyl (C=O) groups excluding carboxylic acids is 1. The molecule has 0 aliphatic heterocycles. The van der Waals surface area contributed by atoms with Crippen LogP contribution in [0.2, 0.25) is 0 Å². The van der Waals surface area contributed by atoms with E-state index in [1.54, 1.807) is 13.1 Å². The number of anilines is 1. The summed E-state index contributed by atoms with van der Waals surface area (Å²) in [6.45, 7) is 4.15. The summed E-state index contributed by atoms with van der Waals surface area (Å²) in [5.74, 6) is -0.317. The highest BCUT2D eigenvalue weighted by molar-refractivity contribution is 6.01. The smallest absolute Gasteiger partial charge is 0.293 e. The zero-order valence-corrected chi connectivity index (χ0v) is 12.0. The predicted octanol–water partition coefficient (Wildman–Crippen LogP) is 1.32. The molecule has 110 valence electrons. The number of nitro groups is 1. The lowest BCUT2D eigenvalue weighted by Gasteiger charge is -2.15. The molecular formula is C13H20N4O3. The van der Waals surface area contributed by atoms with Crippen molar-refractivity contribution in [3.8, 4) is 0 Å². The largest absolute Gasteiger partial charge is 0.382 e. The molecule has 0 saturated heterocycles. The molecule has 7 heteroatoms. The van der Waals surface area contributed by atoms with Gasteiger partial charge >= 0.3 is 0 Å². The summed E-state index contributed by atoms with van der Waals surface area (Å²) in [5.41, 5.74) is 0.408. The van der Waals surface area contributed by atoms with Crippen LogP contribution < -0.4 is 10.6 Å². The van der Waals surface area contributed by atoms with E-state index >= 15 is 0 Å². The lowest BCUT2D eigenvalue weighted by Crippen LogP contribution is -2.33. The molecular weight excluding hydrogens is 260 g/mol. The van der Waals surface area contributed by atoms with Gasteiger partial charge in [0.1, 0.15) is 5.69 Å². The number of nitrogens with zero attached hydrogens (tertiary/aromatic N) is 2. The fourth-order valence-electron chi connectivity index (χ4n) is 1.76. The van der Waals surface area contributed by atoms with E-state index in [9.17, 15) is 14.9 Å². The Morgan fingerprint density at radius 2 is 2.15 bits per heavy atom. The molecule has 0 aromatic heterocycles. The molecule has 0 fully saturated rings. The second kappa shape index (κ2) is 7.44. The van der Waals surface area contributed by atoms with Gasteiger partial charge in [-0.1, -0.05) is 13.0 Å². The Morgan fingerprint density at radius 3 is 2.70 bits per heavy atom. The average molecular weight is 280 g/mol. The minimum atomic E-state index is -0.506. The Morgan fingerprint density at radius 1 is 1.45 bits per heavy atom. The first kappa shape index (κ1) is 15.9. The first-order chi connectivity index (χ1) is 9.51. The third-order valence-corrected chi connectivity index (χ3v) is 3.05. The van der Waals surface area contributed by atoms with E-state index in [1.807, 2.05) is 14.0 Å². The van der Waals surface area contributed by atoms with E-state index in [2.05, 4.69) is 15.5 Å². The third-order valence-electron chi connectivity index (χ3n) is 3.05. The van der Waals surface area contributed by atoms with Gasteiger partial charge in [-0.25, -0.2) is 0 Å². The number of nitrogens with one attached hydrogen (secondary N) is 2. The molecule has 2 N–H and O–H groups in total. The Hall–Kier alpha value is -2.15. The van der Waals surface area contributed by atoms with Crippen molar-refractivity contribution in [3.05, 3.63) is 33.9 Å². The fourth-order valence-corrected chi connectivity index (χ4v) is 1.76. The first-order valence-electron chi connectivity index (χ1n) is 6.43. The normalized spacial score (nSPS) is 10.4. The molecule has 0 radical (unpaired) electrons. The van der Waals surface area contributed by atoms with Crippen LogP contribution in [0.15, 0.2) is 18.2 Å². The van der Waals surface area contributed by atoms with Crippen LogP contribution in [-0.2, 0) is 0 Å². The maximum Gasteiger partial charge on any atom is 0.293 e. The van der Waals surface area contributed by atoms with Gasteiger partial charge in [0.25, 0.3) is 11.6 Å². The summed E-state index contributed by atoms with van der Waals surface area (Å²) in [6.07, 6.45) is 0. The van der Waals surface area contributed by atoms with Crippen molar-refractivity contribution in [1.29, 1.82) is 0 Å². The number of para-hydroxylation sites is 1. The molecule has 20 heavy (non-hydrogen) atoms. The zero-order valence-electron chi connectivity index (χ0n) is 12.0. The van der Waals surface area contributed by atoms with Crippen LogP contribution >= 0.6 is 0 Å². The molecule has 0 atom stereocenters. The fraction of sp³-hybridized carbons (Fsp3) is 0.462. The van der Waals surface area contributed by atoms with Gasteiger partial charge in [0.2, 0.25) is 0 Å². The van der Waals surface area contributed by atoms with Gasteiger partial charge in [0, 0.05) is 26.2 Å². The summed E-state index contributed by atoms with van der Waals surface area (Å²) in [7, 11) is 3.52. The third kappa shape index (κ3) is 3.92. The molecule has 1 aromatic rings. The van der Waals surface area contributed by atoms with Gasteiger partial charge in [-0.15, -0.1) is 0 Å². The summed E-state index contributed by atoms with van der Waals surface area (Å²) < 4.78 is 0. The van der Waals surface area contributed by atoms with E-state index in [0.717, 1.165) is 13.1 Å². The van der Waals surface area contributed by atoms with Crippen LogP contribution in [0.1, 0.15) is 17.3 Å². The monoisotopic (exact) mass is 280 g/mol. The van der Waals surface area contributed by atoms with Gasteiger partial charge in [-0.2, -0.15) is 0 Å². The van der Waals surface area contributed by atoms with Crippen LogP contribution in [0.3, 0.4) is 0 Å². The number of amides is 1. The Labute approximate surface area is 118 Å². The maximum atomic E-state index is 12.1. The molecule has 0 unspecified atom stereocenters. The highest BCUT2D eigenvalue weighted by atomic mass is 16.6. The highest BCUT2D eigenvalue weighted by Crippen LogP contribution is 2.27. The van der Waals surface area contributed by atoms with Crippen LogP contribution in [0.25, 0.3) is 0 Å². The van der Waals surface area contributed by atoms with Crippen molar-refractivity contribution in [2.75, 3.05) is 39.0 Å². The molecule has 1 rings (SSSR count). The first-order valence-corrected chi connectivity index (χ1v) is 6.43. The maximum absolute atomic E-state index is 12.1. The van der Waals surface area contributed by atoms with E-state index in [-0.39, 0.29) is 22.8 Å². The van der Waals surface area contributed by atoms with Gasteiger partial charge in [-0.05, 0) is 19.7 Å². The molecule has 0 bridgehead atoms. The molecule has 0 aliphatic rings. The second-order valence-corrected chi connectivity index (χ2v) is 4.36. The van der Waals surface area contributed by atoms with Crippen LogP contribution in [0.4, 0.5) is 11.4 Å². The van der Waals surface area contributed by atoms with Crippen LogP contribution in [-0.4, -0.2) is 49.5 Å². The molecule has 1 amide bonds. The van der Waals surface area contributed by atoms with E-state index < -0.39 is 4.92 Å². The standard InChI is InChI=1S/C13H20N4O3/c1-4-16(3)9-8-15-13(18)10-6-5-7-11(17(19)20)12(10)14-2/h5-7,14H,4,8-9H2,1-3H3,(H,15,18). The topological polar surface area (TPSA) is 87.5 Å². The number of hydrogen-bond donors (Lipinski definition) is 2. The summed E-state index contributed by atoms with van der Waals surface area (Å²) in [5, 5.41) is 16.4. The quantitative estimate of drug-likeness (QED) is 0.581. The second-order valence-electron chi connectivity index (χ2n) is 4.36. The van der Waals surface area contributed by atoms with Gasteiger partial charge in [-0.3, -0.25) is 14.9 Å². The number of likely N-dealkylation sites (N-methyl/N-ethyl adjacent to an activating group) is 1. The van der Waals surface area contributed by atoms with E-state index in [1.165, 1.54) is 12.1 Å². The summed E-state index contributed by atoms with van der Waals surface area (Å²) >= 11 is 0. The predicted molar refractivity (Wildman–Crippen MR) is 78.1 cm³/mol. The van der Waals surface area contributed by atoms with Crippen molar-refractivity contribution < 1.29 is 9.72 Å². The average Bonchev–Trinajstić information content (AvgIpc) is 2.45. The molecule has 0 saturated carbocycles. The number of benzene rings is 1. The van der Waals surface area contributed by atoms with Crippen molar-refractivity contribution in [2.45, 2.75) is 6.92 Å². The highest BCUT2D eigenvalue weighted by Gasteiger charge is 2.20. The molecule has 1 aromatic carbocycles. The summed E-state index contributed by atoms with van der Waals surface area (Å²) in [4.78, 5) is 24.6. The number of hydrogen-bond acceptors (Lipinski definition) is 5. The molecule has 7 nitrogen and oxygen atoms in total. The summed E-state index contributed by atoms with van der Waals surface area (Å²) in [6, 6.07) is 4.44. The van der Waals surface area contributed by atoms with Gasteiger partial charge in [0.05, 0.1) is 10.5 Å². The van der Waals surface area contributed by atoms with Crippen molar-refractivity contribution in [1.82, 2.24) is 10.2 Å². The molecule has 0 heterocycles. The Balaban J connectivity index is 2.82. The molecule has 0 aliphatic carbocycles. The minimum absolute atomic E-state index is 0.106. The minimum Gasteiger partial charge on any atom is -0.382 e. The van der Waals surface area contributed by atoms with E-state index in [0.29, 0.717) is 6.54 Å². The lowest BCUT2D eigenvalue weighted by atomic mass is 10.1. The SMILES string of the molecule is CCN(C)CCNC(=O)c1cccc([N+](=O)[O-])c1NC. The van der Waals surface area contributed by atoms with E-state index in [4.69, 9.17) is 0 Å². The number of carbonyl (C=O) groups is 1. The zero-order chi connectivity index (χ0) is 15.1. The number of rotatable bonds is 7. The van der Waals surface area contributed by atoms with Crippen molar-refractivity contribution in [2.24, 2.45) is 0 Å².